The molecule has 4 aromatic heterocycles. The van der Waals surface area contributed by atoms with Crippen molar-refractivity contribution < 1.29 is 14.3 Å². The molecule has 178 valence electrons. The maximum Gasteiger partial charge on any atom is 0.242 e. The van der Waals surface area contributed by atoms with Gasteiger partial charge in [0.2, 0.25) is 5.91 Å². The lowest BCUT2D eigenvalue weighted by atomic mass is 9.81. The first-order valence-corrected chi connectivity index (χ1v) is 10.9. The van der Waals surface area contributed by atoms with Crippen LogP contribution in [0.5, 0.6) is 5.75 Å². The Morgan fingerprint density at radius 2 is 2.03 bits per heavy atom. The fraction of sp³-hybridized carbons (Fsp3) is 0.125. The minimum absolute atomic E-state index is 0.0326. The van der Waals surface area contributed by atoms with E-state index >= 15 is 0 Å². The molecular formula is C24H18FN9O2. The number of nitrogens with zero attached hydrogens (tertiary/aromatic N) is 7. The molecule has 0 saturated carbocycles. The Labute approximate surface area is 202 Å². The highest BCUT2D eigenvalue weighted by Crippen LogP contribution is 2.44. The number of amides is 1. The van der Waals surface area contributed by atoms with Gasteiger partial charge in [0.1, 0.15) is 40.6 Å². The van der Waals surface area contributed by atoms with Crippen molar-refractivity contribution in [2.45, 2.75) is 18.8 Å². The highest BCUT2D eigenvalue weighted by Gasteiger charge is 2.48. The molecule has 0 spiro atoms. The van der Waals surface area contributed by atoms with E-state index < -0.39 is 11.3 Å². The molecule has 1 aliphatic rings. The third kappa shape index (κ3) is 3.30. The van der Waals surface area contributed by atoms with Crippen molar-refractivity contribution in [1.29, 1.82) is 0 Å². The van der Waals surface area contributed by atoms with Gasteiger partial charge in [0, 0.05) is 18.7 Å². The number of carbonyl (C=O) groups is 1. The monoisotopic (exact) mass is 483 g/mol. The molecule has 6 rings (SSSR count). The van der Waals surface area contributed by atoms with Crippen LogP contribution in [0.4, 0.5) is 16.0 Å². The molecule has 1 atom stereocenters. The summed E-state index contributed by atoms with van der Waals surface area (Å²) in [7, 11) is 0. The molecule has 11 nitrogen and oxygen atoms in total. The van der Waals surface area contributed by atoms with Crippen LogP contribution in [0.3, 0.4) is 0 Å². The van der Waals surface area contributed by atoms with E-state index in [0.717, 1.165) is 0 Å². The number of nitrogens with two attached hydrogens (primary N) is 1. The van der Waals surface area contributed by atoms with Crippen LogP contribution in [0, 0.1) is 5.82 Å². The third-order valence-corrected chi connectivity index (χ3v) is 6.20. The molecule has 12 heteroatoms. The number of benzene rings is 1. The number of hydrogen-bond donors (Lipinski definition) is 3. The Bertz CT molecular complexity index is 1690. The van der Waals surface area contributed by atoms with E-state index in [4.69, 9.17) is 5.73 Å². The van der Waals surface area contributed by atoms with Gasteiger partial charge in [-0.1, -0.05) is 12.1 Å². The van der Waals surface area contributed by atoms with Gasteiger partial charge in [0.05, 0.1) is 23.1 Å². The maximum absolute atomic E-state index is 13.7. The van der Waals surface area contributed by atoms with Gasteiger partial charge in [-0.25, -0.2) is 28.8 Å². The molecule has 36 heavy (non-hydrogen) atoms. The van der Waals surface area contributed by atoms with E-state index in [1.54, 1.807) is 25.3 Å². The number of hydrogen-bond acceptors (Lipinski definition) is 9. The van der Waals surface area contributed by atoms with E-state index in [0.29, 0.717) is 40.3 Å². The molecule has 1 aliphatic heterocycles. The number of rotatable bonds is 4. The fourth-order valence-electron chi connectivity index (χ4n) is 4.42. The van der Waals surface area contributed by atoms with Gasteiger partial charge in [-0.3, -0.25) is 9.78 Å². The van der Waals surface area contributed by atoms with Gasteiger partial charge in [0.25, 0.3) is 0 Å². The van der Waals surface area contributed by atoms with E-state index in [9.17, 15) is 14.3 Å². The molecular weight excluding hydrogens is 465 g/mol. The summed E-state index contributed by atoms with van der Waals surface area (Å²) in [6.45, 7) is 1.64. The van der Waals surface area contributed by atoms with Crippen molar-refractivity contribution in [2.75, 3.05) is 11.1 Å². The summed E-state index contributed by atoms with van der Waals surface area (Å²) in [5.41, 5.74) is 7.81. The fourth-order valence-corrected chi connectivity index (χ4v) is 4.42. The first-order chi connectivity index (χ1) is 17.3. The Morgan fingerprint density at radius 1 is 1.17 bits per heavy atom. The number of nitrogen functional groups attached to an aromatic ring is 1. The number of anilines is 2. The molecule has 5 aromatic rings. The van der Waals surface area contributed by atoms with Crippen LogP contribution in [0.1, 0.15) is 29.4 Å². The summed E-state index contributed by atoms with van der Waals surface area (Å²) in [5.74, 6) is -0.334. The number of halogens is 1. The summed E-state index contributed by atoms with van der Waals surface area (Å²) >= 11 is 0. The summed E-state index contributed by atoms with van der Waals surface area (Å²) < 4.78 is 15.3. The lowest BCUT2D eigenvalue weighted by Gasteiger charge is -2.22. The van der Waals surface area contributed by atoms with Crippen molar-refractivity contribution in [3.63, 3.8) is 0 Å². The first kappa shape index (κ1) is 21.5. The zero-order valence-electron chi connectivity index (χ0n) is 18.8. The zero-order chi connectivity index (χ0) is 25.0. The molecule has 0 bridgehead atoms. The number of carbonyl (C=O) groups excluding carboxylic acids is 1. The minimum atomic E-state index is -1.30. The van der Waals surface area contributed by atoms with Crippen molar-refractivity contribution >= 4 is 23.2 Å². The average Bonchev–Trinajstić information content (AvgIpc) is 3.42. The van der Waals surface area contributed by atoms with Crippen LogP contribution in [0.15, 0.2) is 55.1 Å². The molecule has 5 heterocycles. The van der Waals surface area contributed by atoms with Crippen molar-refractivity contribution in [3.05, 3.63) is 83.5 Å². The van der Waals surface area contributed by atoms with E-state index in [1.807, 2.05) is 0 Å². The number of aromatic hydroxyl groups is 1. The van der Waals surface area contributed by atoms with Crippen LogP contribution < -0.4 is 11.1 Å². The highest BCUT2D eigenvalue weighted by atomic mass is 19.1. The normalized spacial score (nSPS) is 16.8. The van der Waals surface area contributed by atoms with Gasteiger partial charge in [-0.2, -0.15) is 5.10 Å². The molecule has 0 saturated heterocycles. The SMILES string of the molecule is C[C@]1(c2cc(O)ccn2)C(=O)Nc2nc(-c3cn4ncnc4c(Cc4cccc(F)c4)n3)nc(N)c21. The van der Waals surface area contributed by atoms with E-state index in [-0.39, 0.29) is 29.0 Å². The largest absolute Gasteiger partial charge is 0.508 e. The predicted octanol–water partition coefficient (Wildman–Crippen LogP) is 2.25. The first-order valence-electron chi connectivity index (χ1n) is 10.9. The molecule has 0 fully saturated rings. The van der Waals surface area contributed by atoms with Crippen LogP contribution in [0.2, 0.25) is 0 Å². The van der Waals surface area contributed by atoms with Gasteiger partial charge < -0.3 is 16.2 Å². The lowest BCUT2D eigenvalue weighted by Crippen LogP contribution is -2.33. The Morgan fingerprint density at radius 3 is 2.83 bits per heavy atom. The van der Waals surface area contributed by atoms with Gasteiger partial charge in [-0.15, -0.1) is 0 Å². The minimum Gasteiger partial charge on any atom is -0.508 e. The lowest BCUT2D eigenvalue weighted by molar-refractivity contribution is -0.119. The molecule has 0 unspecified atom stereocenters. The van der Waals surface area contributed by atoms with Crippen LogP contribution in [0.25, 0.3) is 17.2 Å². The number of nitrogens with one attached hydrogen (secondary N) is 1. The number of aromatic nitrogens is 7. The number of pyridine rings is 1. The Hall–Kier alpha value is -5.00. The smallest absolute Gasteiger partial charge is 0.242 e. The summed E-state index contributed by atoms with van der Waals surface area (Å²) in [6.07, 6.45) is 4.70. The Kier molecular flexibility index (Phi) is 4.64. The second-order valence-corrected chi connectivity index (χ2v) is 8.54. The van der Waals surface area contributed by atoms with E-state index in [1.165, 1.54) is 41.3 Å². The third-order valence-electron chi connectivity index (χ3n) is 6.20. The second-order valence-electron chi connectivity index (χ2n) is 8.54. The summed E-state index contributed by atoms with van der Waals surface area (Å²) in [4.78, 5) is 35.2. The van der Waals surface area contributed by atoms with Crippen LogP contribution in [-0.2, 0) is 16.6 Å². The van der Waals surface area contributed by atoms with Crippen molar-refractivity contribution in [3.8, 4) is 17.3 Å². The summed E-state index contributed by atoms with van der Waals surface area (Å²) in [5, 5.41) is 16.9. The van der Waals surface area contributed by atoms with Gasteiger partial charge >= 0.3 is 0 Å². The standard InChI is InChI=1S/C24H18FN9O2/c1-24(17-9-14(35)5-6-27-17)18-19(26)31-20(32-21(18)33-23(24)36)16-10-34-22(28-11-29-34)15(30-16)8-12-3-2-4-13(25)7-12/h2-7,9-11H,8H2,1H3,(H,27,35)(H3,26,31,32,33,36)/t24-/m1/s1. The number of fused-ring (bicyclic) bond motifs is 2. The molecule has 1 amide bonds. The van der Waals surface area contributed by atoms with E-state index in [2.05, 4.69) is 35.3 Å². The topological polar surface area (TPSA) is 157 Å². The van der Waals surface area contributed by atoms with Crippen molar-refractivity contribution in [2.24, 2.45) is 0 Å². The maximum atomic E-state index is 13.7. The predicted molar refractivity (Wildman–Crippen MR) is 126 cm³/mol. The highest BCUT2D eigenvalue weighted by molar-refractivity contribution is 6.08. The van der Waals surface area contributed by atoms with Crippen LogP contribution >= 0.6 is 0 Å². The molecule has 0 aliphatic carbocycles. The van der Waals surface area contributed by atoms with Crippen LogP contribution in [-0.4, -0.2) is 45.5 Å². The zero-order valence-corrected chi connectivity index (χ0v) is 18.8. The van der Waals surface area contributed by atoms with Crippen molar-refractivity contribution in [1.82, 2.24) is 34.5 Å². The average molecular weight is 483 g/mol. The molecule has 1 aromatic carbocycles. The molecule has 0 radical (unpaired) electrons. The summed E-state index contributed by atoms with van der Waals surface area (Å²) in [6, 6.07) is 9.03. The quantitative estimate of drug-likeness (QED) is 0.349. The Balaban J connectivity index is 1.47. The van der Waals surface area contributed by atoms with Gasteiger partial charge in [-0.05, 0) is 30.7 Å². The molecule has 4 N–H and O–H groups in total. The van der Waals surface area contributed by atoms with Gasteiger partial charge in [0.15, 0.2) is 11.5 Å². The second kappa shape index (κ2) is 7.77.